The molecule has 0 radical (unpaired) electrons. The van der Waals surface area contributed by atoms with Crippen LogP contribution in [0.2, 0.25) is 0 Å². The summed E-state index contributed by atoms with van der Waals surface area (Å²) >= 11 is 0. The van der Waals surface area contributed by atoms with Gasteiger partial charge in [-0.3, -0.25) is 19.4 Å². The van der Waals surface area contributed by atoms with Crippen molar-refractivity contribution in [2.75, 3.05) is 5.32 Å². The van der Waals surface area contributed by atoms with E-state index in [2.05, 4.69) is 32.2 Å². The fourth-order valence-electron chi connectivity index (χ4n) is 3.79. The van der Waals surface area contributed by atoms with Gasteiger partial charge >= 0.3 is 0 Å². The number of halogens is 2. The average Bonchev–Trinajstić information content (AvgIpc) is 3.22. The van der Waals surface area contributed by atoms with Gasteiger partial charge in [0.05, 0.1) is 5.52 Å². The summed E-state index contributed by atoms with van der Waals surface area (Å²) in [6, 6.07) is 10.1. The number of nitrogens with one attached hydrogen (secondary N) is 1. The molecule has 6 nitrogen and oxygen atoms in total. The van der Waals surface area contributed by atoms with E-state index in [4.69, 9.17) is 0 Å². The van der Waals surface area contributed by atoms with E-state index in [1.165, 1.54) is 10.7 Å². The molecule has 0 spiro atoms. The molecule has 0 atom stereocenters. The normalized spacial score (nSPS) is 14.3. The molecule has 0 unspecified atom stereocenters. The molecule has 33 heavy (non-hydrogen) atoms. The molecule has 4 heterocycles. The third-order valence-electron chi connectivity index (χ3n) is 5.58. The van der Waals surface area contributed by atoms with Gasteiger partial charge in [-0.2, -0.15) is 13.9 Å². The highest BCUT2D eigenvalue weighted by molar-refractivity contribution is 6.04. The summed E-state index contributed by atoms with van der Waals surface area (Å²) in [6.45, 7) is 2.31. The highest BCUT2D eigenvalue weighted by Crippen LogP contribution is 2.37. The fraction of sp³-hybridized carbons (Fsp3) is 0.200. The first-order valence-electron chi connectivity index (χ1n) is 10.5. The van der Waals surface area contributed by atoms with Gasteiger partial charge in [0.2, 0.25) is 0 Å². The maximum Gasteiger partial charge on any atom is 0.289 e. The van der Waals surface area contributed by atoms with E-state index in [1.807, 2.05) is 19.1 Å². The van der Waals surface area contributed by atoms with Gasteiger partial charge in [0.25, 0.3) is 11.8 Å². The highest BCUT2D eigenvalue weighted by Gasteiger charge is 2.38. The van der Waals surface area contributed by atoms with Gasteiger partial charge in [-0.1, -0.05) is 17.9 Å². The molecule has 164 valence electrons. The zero-order valence-electron chi connectivity index (χ0n) is 17.8. The number of nitrogens with zero attached hydrogens (tertiary/aromatic N) is 4. The number of pyridine rings is 2. The quantitative estimate of drug-likeness (QED) is 0.457. The first kappa shape index (κ1) is 20.8. The number of amides is 1. The van der Waals surface area contributed by atoms with Crippen LogP contribution in [0.3, 0.4) is 0 Å². The number of alkyl halides is 2. The number of hydrogen-bond acceptors (Lipinski definition) is 4. The number of carbonyl (C=O) groups excluding carboxylic acids is 1. The molecule has 1 amide bonds. The molecule has 3 aromatic heterocycles. The van der Waals surface area contributed by atoms with E-state index < -0.39 is 11.8 Å². The van der Waals surface area contributed by atoms with E-state index >= 15 is 0 Å². The van der Waals surface area contributed by atoms with Gasteiger partial charge in [-0.05, 0) is 43.2 Å². The average molecular weight is 443 g/mol. The van der Waals surface area contributed by atoms with Crippen LogP contribution in [0.4, 0.5) is 14.6 Å². The third kappa shape index (κ3) is 4.17. The third-order valence-corrected chi connectivity index (χ3v) is 5.58. The fourth-order valence-corrected chi connectivity index (χ4v) is 3.79. The second kappa shape index (κ2) is 8.10. The van der Waals surface area contributed by atoms with Crippen LogP contribution in [-0.2, 0) is 12.5 Å². The molecular formula is C25H19F2N5O. The summed E-state index contributed by atoms with van der Waals surface area (Å²) in [5.41, 5.74) is 3.36. The summed E-state index contributed by atoms with van der Waals surface area (Å²) in [5.74, 6) is 2.92. The molecule has 0 fully saturated rings. The summed E-state index contributed by atoms with van der Waals surface area (Å²) in [7, 11) is 0. The summed E-state index contributed by atoms with van der Waals surface area (Å²) in [4.78, 5) is 21.2. The molecule has 0 saturated heterocycles. The minimum Gasteiger partial charge on any atom is -0.305 e. The lowest BCUT2D eigenvalue weighted by atomic mass is 10.0. The predicted molar refractivity (Wildman–Crippen MR) is 120 cm³/mol. The lowest BCUT2D eigenvalue weighted by Crippen LogP contribution is -2.25. The molecule has 1 aliphatic rings. The lowest BCUT2D eigenvalue weighted by Gasteiger charge is -2.22. The second-order valence-electron chi connectivity index (χ2n) is 7.97. The van der Waals surface area contributed by atoms with Crippen LogP contribution in [0.1, 0.15) is 45.6 Å². The van der Waals surface area contributed by atoms with Crippen LogP contribution in [0.15, 0.2) is 55.0 Å². The zero-order chi connectivity index (χ0) is 23.0. The molecule has 5 rings (SSSR count). The van der Waals surface area contributed by atoms with Crippen molar-refractivity contribution in [2.24, 2.45) is 0 Å². The van der Waals surface area contributed by atoms with Crippen LogP contribution in [-0.4, -0.2) is 25.7 Å². The van der Waals surface area contributed by atoms with E-state index in [-0.39, 0.29) is 17.9 Å². The Bertz CT molecular complexity index is 1450. The Morgan fingerprint density at radius 3 is 2.88 bits per heavy atom. The Kier molecular flexibility index (Phi) is 5.09. The summed E-state index contributed by atoms with van der Waals surface area (Å²) in [6.07, 6.45) is 5.24. The summed E-state index contributed by atoms with van der Waals surface area (Å²) < 4.78 is 29.4. The zero-order valence-corrected chi connectivity index (χ0v) is 17.8. The van der Waals surface area contributed by atoms with Crippen molar-refractivity contribution < 1.29 is 13.6 Å². The van der Waals surface area contributed by atoms with Gasteiger partial charge in [-0.25, -0.2) is 0 Å². The Labute approximate surface area is 188 Å². The Hall–Kier alpha value is -4.12. The number of rotatable bonds is 2. The molecule has 0 bridgehead atoms. The molecule has 0 saturated carbocycles. The van der Waals surface area contributed by atoms with Crippen LogP contribution in [0.25, 0.3) is 10.9 Å². The molecule has 8 heteroatoms. The highest BCUT2D eigenvalue weighted by atomic mass is 19.3. The Balaban J connectivity index is 1.38. The summed E-state index contributed by atoms with van der Waals surface area (Å²) in [5, 5.41) is 7.63. The number of carbonyl (C=O) groups is 1. The van der Waals surface area contributed by atoms with Crippen molar-refractivity contribution in [3.8, 4) is 11.8 Å². The van der Waals surface area contributed by atoms with Gasteiger partial charge in [0, 0.05) is 59.7 Å². The largest absolute Gasteiger partial charge is 0.305 e. The van der Waals surface area contributed by atoms with Crippen molar-refractivity contribution in [3.05, 3.63) is 82.9 Å². The Morgan fingerprint density at radius 1 is 1.15 bits per heavy atom. The van der Waals surface area contributed by atoms with Crippen LogP contribution in [0, 0.1) is 18.8 Å². The molecule has 0 aliphatic carbocycles. The maximum atomic E-state index is 14.1. The van der Waals surface area contributed by atoms with E-state index in [0.717, 1.165) is 22.0 Å². The van der Waals surface area contributed by atoms with Crippen molar-refractivity contribution in [2.45, 2.75) is 32.2 Å². The van der Waals surface area contributed by atoms with E-state index in [9.17, 15) is 13.6 Å². The number of benzene rings is 1. The van der Waals surface area contributed by atoms with Crippen molar-refractivity contribution in [1.29, 1.82) is 0 Å². The monoisotopic (exact) mass is 443 g/mol. The minimum atomic E-state index is -2.94. The number of aromatic nitrogens is 4. The smallest absolute Gasteiger partial charge is 0.289 e. The van der Waals surface area contributed by atoms with Gasteiger partial charge in [0.15, 0.2) is 5.82 Å². The Morgan fingerprint density at radius 2 is 2.03 bits per heavy atom. The van der Waals surface area contributed by atoms with E-state index in [1.54, 1.807) is 36.8 Å². The van der Waals surface area contributed by atoms with Crippen LogP contribution < -0.4 is 5.32 Å². The molecule has 1 aliphatic heterocycles. The lowest BCUT2D eigenvalue weighted by molar-refractivity contribution is -0.0364. The maximum absolute atomic E-state index is 14.1. The second-order valence-corrected chi connectivity index (χ2v) is 7.97. The number of fused-ring (bicyclic) bond motifs is 2. The van der Waals surface area contributed by atoms with Crippen molar-refractivity contribution in [3.63, 3.8) is 0 Å². The molecule has 4 aromatic rings. The molecule has 1 N–H and O–H groups in total. The number of anilines is 1. The minimum absolute atomic E-state index is 0.112. The number of hydrogen-bond donors (Lipinski definition) is 1. The molecular weight excluding hydrogens is 424 g/mol. The van der Waals surface area contributed by atoms with Gasteiger partial charge in [-0.15, -0.1) is 0 Å². The van der Waals surface area contributed by atoms with Crippen LogP contribution in [0.5, 0.6) is 0 Å². The SMILES string of the molecule is Cc1ccc(C(=O)Nc2cc3n(n2)CCCC3(F)F)cc1C#Cc1cnc2ccncc2c1. The first-order chi connectivity index (χ1) is 15.9. The molecule has 1 aromatic carbocycles. The van der Waals surface area contributed by atoms with Crippen molar-refractivity contribution in [1.82, 2.24) is 19.7 Å². The van der Waals surface area contributed by atoms with Crippen molar-refractivity contribution >= 4 is 22.6 Å². The van der Waals surface area contributed by atoms with Crippen LogP contribution >= 0.6 is 0 Å². The first-order valence-corrected chi connectivity index (χ1v) is 10.5. The predicted octanol–water partition coefficient (Wildman–Crippen LogP) is 4.67. The number of aryl methyl sites for hydroxylation is 2. The topological polar surface area (TPSA) is 72.7 Å². The standard InChI is InChI=1S/C25H19F2N5O/c1-16-3-5-19(24(33)30-23-13-22-25(26,27)8-2-10-32(22)31-23)12-18(16)6-4-17-11-20-15-28-9-7-21(20)29-14-17/h3,5,7,9,11-15H,2,8,10H2,1H3,(H,30,31,33). The van der Waals surface area contributed by atoms with E-state index in [0.29, 0.717) is 24.1 Å². The van der Waals surface area contributed by atoms with Gasteiger partial charge in [0.1, 0.15) is 5.69 Å². The van der Waals surface area contributed by atoms with Gasteiger partial charge < -0.3 is 5.32 Å².